The Kier molecular flexibility index (Phi) is 4.12. The number of nitrogens with one attached hydrogen (secondary N) is 1. The quantitative estimate of drug-likeness (QED) is 0.889. The highest BCUT2D eigenvalue weighted by atomic mass is 35.5. The van der Waals surface area contributed by atoms with E-state index in [1.165, 1.54) is 0 Å². The highest BCUT2D eigenvalue weighted by Gasteiger charge is 2.04. The second-order valence-electron chi connectivity index (χ2n) is 3.94. The van der Waals surface area contributed by atoms with E-state index in [2.05, 4.69) is 15.3 Å². The maximum Gasteiger partial charge on any atom is 0.223 e. The molecular weight excluding hydrogens is 248 g/mol. The first-order valence-electron chi connectivity index (χ1n) is 5.74. The van der Waals surface area contributed by atoms with E-state index in [1.54, 1.807) is 0 Å². The Morgan fingerprint density at radius 2 is 1.94 bits per heavy atom. The van der Waals surface area contributed by atoms with Crippen LogP contribution in [0.25, 0.3) is 11.3 Å². The molecule has 5 heteroatoms. The molecule has 2 aromatic rings. The third-order valence-corrected chi connectivity index (χ3v) is 2.67. The Balaban J connectivity index is 2.32. The number of nitrogens with zero attached hydrogens (tertiary/aromatic N) is 2. The van der Waals surface area contributed by atoms with Crippen molar-refractivity contribution in [3.63, 3.8) is 0 Å². The van der Waals surface area contributed by atoms with Crippen molar-refractivity contribution >= 4 is 17.5 Å². The topological polar surface area (TPSA) is 63.8 Å². The molecule has 4 nitrogen and oxygen atoms in total. The summed E-state index contributed by atoms with van der Waals surface area (Å²) in [5.74, 6) is 0.602. The number of aromatic nitrogens is 2. The number of aryl methyl sites for hydroxylation is 1. The standard InChI is InChI=1S/C13H15ClN4/c1-9-8-12(10-2-4-11(14)5-3-10)18-13(17-9)16-7-6-15/h2-5,8H,6-7,15H2,1H3,(H,16,17,18). The smallest absolute Gasteiger partial charge is 0.223 e. The van der Waals surface area contributed by atoms with Crippen LogP contribution in [0.4, 0.5) is 5.95 Å². The summed E-state index contributed by atoms with van der Waals surface area (Å²) in [7, 11) is 0. The van der Waals surface area contributed by atoms with Crippen molar-refractivity contribution in [1.29, 1.82) is 0 Å². The van der Waals surface area contributed by atoms with Gasteiger partial charge < -0.3 is 11.1 Å². The van der Waals surface area contributed by atoms with E-state index < -0.39 is 0 Å². The van der Waals surface area contributed by atoms with Gasteiger partial charge in [-0.25, -0.2) is 9.97 Å². The lowest BCUT2D eigenvalue weighted by atomic mass is 10.1. The maximum absolute atomic E-state index is 5.87. The van der Waals surface area contributed by atoms with Crippen LogP contribution in [0.5, 0.6) is 0 Å². The Morgan fingerprint density at radius 1 is 1.22 bits per heavy atom. The van der Waals surface area contributed by atoms with Gasteiger partial charge in [-0.15, -0.1) is 0 Å². The van der Waals surface area contributed by atoms with Crippen molar-refractivity contribution in [3.8, 4) is 11.3 Å². The number of benzene rings is 1. The van der Waals surface area contributed by atoms with Crippen molar-refractivity contribution in [2.75, 3.05) is 18.4 Å². The first-order valence-corrected chi connectivity index (χ1v) is 6.12. The lowest BCUT2D eigenvalue weighted by Crippen LogP contribution is -2.15. The normalized spacial score (nSPS) is 10.4. The van der Waals surface area contributed by atoms with Gasteiger partial charge in [0, 0.05) is 29.4 Å². The van der Waals surface area contributed by atoms with Crippen molar-refractivity contribution in [2.45, 2.75) is 6.92 Å². The lowest BCUT2D eigenvalue weighted by Gasteiger charge is -2.07. The van der Waals surface area contributed by atoms with Gasteiger partial charge in [0.15, 0.2) is 0 Å². The average Bonchev–Trinajstić information content (AvgIpc) is 2.36. The van der Waals surface area contributed by atoms with E-state index in [0.29, 0.717) is 24.1 Å². The van der Waals surface area contributed by atoms with E-state index in [9.17, 15) is 0 Å². The molecule has 0 aliphatic rings. The Hall–Kier alpha value is -1.65. The third-order valence-electron chi connectivity index (χ3n) is 2.42. The minimum Gasteiger partial charge on any atom is -0.353 e. The predicted molar refractivity (Wildman–Crippen MR) is 74.8 cm³/mol. The fourth-order valence-electron chi connectivity index (χ4n) is 1.60. The molecule has 0 bridgehead atoms. The number of rotatable bonds is 4. The van der Waals surface area contributed by atoms with E-state index in [4.69, 9.17) is 17.3 Å². The van der Waals surface area contributed by atoms with Gasteiger partial charge in [-0.2, -0.15) is 0 Å². The molecule has 1 aromatic heterocycles. The Morgan fingerprint density at radius 3 is 2.61 bits per heavy atom. The minimum absolute atomic E-state index is 0.549. The molecule has 0 radical (unpaired) electrons. The van der Waals surface area contributed by atoms with E-state index in [-0.39, 0.29) is 0 Å². The minimum atomic E-state index is 0.549. The molecule has 2 rings (SSSR count). The second-order valence-corrected chi connectivity index (χ2v) is 4.38. The number of anilines is 1. The van der Waals surface area contributed by atoms with Crippen LogP contribution in [0.2, 0.25) is 5.02 Å². The molecule has 0 fully saturated rings. The Bertz CT molecular complexity index is 525. The van der Waals surface area contributed by atoms with Crippen molar-refractivity contribution in [2.24, 2.45) is 5.73 Å². The summed E-state index contributed by atoms with van der Waals surface area (Å²) >= 11 is 5.87. The van der Waals surface area contributed by atoms with Gasteiger partial charge >= 0.3 is 0 Å². The van der Waals surface area contributed by atoms with Crippen LogP contribution in [0, 0.1) is 6.92 Å². The lowest BCUT2D eigenvalue weighted by molar-refractivity contribution is 0.981. The van der Waals surface area contributed by atoms with Crippen molar-refractivity contribution in [1.82, 2.24) is 9.97 Å². The van der Waals surface area contributed by atoms with Crippen LogP contribution < -0.4 is 11.1 Å². The fraction of sp³-hybridized carbons (Fsp3) is 0.231. The van der Waals surface area contributed by atoms with Crippen LogP contribution in [0.15, 0.2) is 30.3 Å². The monoisotopic (exact) mass is 262 g/mol. The zero-order valence-corrected chi connectivity index (χ0v) is 10.9. The molecule has 0 saturated carbocycles. The van der Waals surface area contributed by atoms with Crippen molar-refractivity contribution < 1.29 is 0 Å². The van der Waals surface area contributed by atoms with Gasteiger partial charge in [-0.3, -0.25) is 0 Å². The third kappa shape index (κ3) is 3.18. The first kappa shape index (κ1) is 12.8. The molecule has 94 valence electrons. The Labute approximate surface area is 111 Å². The molecule has 0 aliphatic carbocycles. The second kappa shape index (κ2) is 5.80. The summed E-state index contributed by atoms with van der Waals surface area (Å²) in [6, 6.07) is 9.52. The number of halogens is 1. The molecule has 0 saturated heterocycles. The molecule has 0 unspecified atom stereocenters. The molecule has 0 atom stereocenters. The zero-order valence-electron chi connectivity index (χ0n) is 10.2. The average molecular weight is 263 g/mol. The van der Waals surface area contributed by atoms with E-state index >= 15 is 0 Å². The fourth-order valence-corrected chi connectivity index (χ4v) is 1.73. The summed E-state index contributed by atoms with van der Waals surface area (Å²) in [5.41, 5.74) is 8.25. The number of nitrogens with two attached hydrogens (primary N) is 1. The largest absolute Gasteiger partial charge is 0.353 e. The van der Waals surface area contributed by atoms with Crippen LogP contribution in [-0.2, 0) is 0 Å². The summed E-state index contributed by atoms with van der Waals surface area (Å²) in [4.78, 5) is 8.76. The van der Waals surface area contributed by atoms with Crippen LogP contribution in [-0.4, -0.2) is 23.1 Å². The predicted octanol–water partition coefficient (Wildman–Crippen LogP) is 2.48. The van der Waals surface area contributed by atoms with Crippen LogP contribution in [0.3, 0.4) is 0 Å². The maximum atomic E-state index is 5.87. The molecule has 0 aliphatic heterocycles. The van der Waals surface area contributed by atoms with Crippen LogP contribution in [0.1, 0.15) is 5.69 Å². The van der Waals surface area contributed by atoms with E-state index in [0.717, 1.165) is 17.0 Å². The first-order chi connectivity index (χ1) is 8.69. The molecule has 1 aromatic carbocycles. The van der Waals surface area contributed by atoms with Gasteiger partial charge in [0.05, 0.1) is 5.69 Å². The van der Waals surface area contributed by atoms with Gasteiger partial charge in [-0.1, -0.05) is 23.7 Å². The molecule has 18 heavy (non-hydrogen) atoms. The molecule has 3 N–H and O–H groups in total. The summed E-state index contributed by atoms with van der Waals surface area (Å²) < 4.78 is 0. The highest BCUT2D eigenvalue weighted by Crippen LogP contribution is 2.21. The van der Waals surface area contributed by atoms with E-state index in [1.807, 2.05) is 37.3 Å². The molecule has 1 heterocycles. The van der Waals surface area contributed by atoms with Gasteiger partial charge in [0.1, 0.15) is 0 Å². The molecule has 0 spiro atoms. The summed E-state index contributed by atoms with van der Waals surface area (Å²) in [6.45, 7) is 3.14. The van der Waals surface area contributed by atoms with Gasteiger partial charge in [0.25, 0.3) is 0 Å². The summed E-state index contributed by atoms with van der Waals surface area (Å²) in [6.07, 6.45) is 0. The highest BCUT2D eigenvalue weighted by molar-refractivity contribution is 6.30. The zero-order chi connectivity index (χ0) is 13.0. The number of hydrogen-bond donors (Lipinski definition) is 2. The van der Waals surface area contributed by atoms with Gasteiger partial charge in [0.2, 0.25) is 5.95 Å². The SMILES string of the molecule is Cc1cc(-c2ccc(Cl)cc2)nc(NCCN)n1. The van der Waals surface area contributed by atoms with Crippen molar-refractivity contribution in [3.05, 3.63) is 41.0 Å². The van der Waals surface area contributed by atoms with Crippen LogP contribution >= 0.6 is 11.6 Å². The molecule has 0 amide bonds. The van der Waals surface area contributed by atoms with Gasteiger partial charge in [-0.05, 0) is 25.1 Å². The number of hydrogen-bond acceptors (Lipinski definition) is 4. The molecular formula is C13H15ClN4. The summed E-state index contributed by atoms with van der Waals surface area (Å²) in [5, 5.41) is 3.80.